The molecule has 1 aliphatic rings. The number of anilines is 2. The maximum atomic E-state index is 12.9. The Kier molecular flexibility index (Phi) is 4.90. The largest absolute Gasteiger partial charge is 0.324 e. The minimum absolute atomic E-state index is 0.0481. The molecule has 2 aromatic carbocycles. The summed E-state index contributed by atoms with van der Waals surface area (Å²) in [7, 11) is 0. The van der Waals surface area contributed by atoms with Crippen molar-refractivity contribution in [3.63, 3.8) is 0 Å². The first-order valence-electron chi connectivity index (χ1n) is 9.16. The summed E-state index contributed by atoms with van der Waals surface area (Å²) in [5, 5.41) is 3.97. The molecule has 27 heavy (non-hydrogen) atoms. The van der Waals surface area contributed by atoms with Crippen LogP contribution in [0.15, 0.2) is 48.5 Å². The summed E-state index contributed by atoms with van der Waals surface area (Å²) >= 11 is 1.69. The molecule has 0 aliphatic carbocycles. The molecule has 0 saturated heterocycles. The van der Waals surface area contributed by atoms with Gasteiger partial charge >= 0.3 is 0 Å². The number of benzene rings is 2. The molecule has 1 N–H and O–H groups in total. The van der Waals surface area contributed by atoms with E-state index >= 15 is 0 Å². The van der Waals surface area contributed by atoms with Gasteiger partial charge in [0.15, 0.2) is 0 Å². The summed E-state index contributed by atoms with van der Waals surface area (Å²) in [5.41, 5.74) is 2.50. The van der Waals surface area contributed by atoms with E-state index in [-0.39, 0.29) is 17.7 Å². The second-order valence-electron chi connectivity index (χ2n) is 6.84. The van der Waals surface area contributed by atoms with Crippen molar-refractivity contribution in [2.24, 2.45) is 5.92 Å². The normalized spacial score (nSPS) is 16.7. The SMILES string of the molecule is CC1CN(C(=O)CCCc2nc3ccccc3s2)c2ccccc2NC1=O. The number of nitrogens with zero attached hydrogens (tertiary/aromatic N) is 2. The first kappa shape index (κ1) is 17.7. The molecule has 138 valence electrons. The Morgan fingerprint density at radius 3 is 2.85 bits per heavy atom. The Balaban J connectivity index is 1.45. The lowest BCUT2D eigenvalue weighted by Gasteiger charge is -2.23. The van der Waals surface area contributed by atoms with Crippen molar-refractivity contribution in [1.29, 1.82) is 0 Å². The summed E-state index contributed by atoms with van der Waals surface area (Å²) in [5.74, 6) is -0.246. The summed E-state index contributed by atoms with van der Waals surface area (Å²) in [6.07, 6.45) is 1.96. The lowest BCUT2D eigenvalue weighted by atomic mass is 10.1. The highest BCUT2D eigenvalue weighted by Gasteiger charge is 2.28. The van der Waals surface area contributed by atoms with Crippen LogP contribution in [0.4, 0.5) is 11.4 Å². The molecule has 3 aromatic rings. The van der Waals surface area contributed by atoms with Crippen LogP contribution in [0.2, 0.25) is 0 Å². The molecule has 1 aromatic heterocycles. The van der Waals surface area contributed by atoms with E-state index in [9.17, 15) is 9.59 Å². The van der Waals surface area contributed by atoms with Gasteiger partial charge in [-0.05, 0) is 37.1 Å². The van der Waals surface area contributed by atoms with Gasteiger partial charge in [-0.3, -0.25) is 9.59 Å². The van der Waals surface area contributed by atoms with Gasteiger partial charge in [0.05, 0.1) is 32.5 Å². The molecule has 5 nitrogen and oxygen atoms in total. The van der Waals surface area contributed by atoms with Crippen LogP contribution in [-0.4, -0.2) is 23.3 Å². The number of fused-ring (bicyclic) bond motifs is 2. The molecular weight excluding hydrogens is 358 g/mol. The molecular formula is C21H21N3O2S. The van der Waals surface area contributed by atoms with Crippen molar-refractivity contribution in [1.82, 2.24) is 4.98 Å². The molecule has 0 saturated carbocycles. The third kappa shape index (κ3) is 3.71. The van der Waals surface area contributed by atoms with Crippen molar-refractivity contribution in [3.05, 3.63) is 53.5 Å². The number of para-hydroxylation sites is 3. The molecule has 6 heteroatoms. The Hall–Kier alpha value is -2.73. The van der Waals surface area contributed by atoms with Crippen molar-refractivity contribution in [2.45, 2.75) is 26.2 Å². The van der Waals surface area contributed by atoms with Crippen LogP contribution in [0.25, 0.3) is 10.2 Å². The fourth-order valence-electron chi connectivity index (χ4n) is 3.31. The zero-order chi connectivity index (χ0) is 18.8. The number of aromatic nitrogens is 1. The average Bonchev–Trinajstić information content (AvgIpc) is 3.03. The number of rotatable bonds is 4. The van der Waals surface area contributed by atoms with Gasteiger partial charge in [0.1, 0.15) is 0 Å². The van der Waals surface area contributed by atoms with Gasteiger partial charge in [-0.15, -0.1) is 11.3 Å². The number of hydrogen-bond donors (Lipinski definition) is 1. The third-order valence-electron chi connectivity index (χ3n) is 4.78. The van der Waals surface area contributed by atoms with Crippen LogP contribution in [0, 0.1) is 5.92 Å². The molecule has 1 aliphatic heterocycles. The van der Waals surface area contributed by atoms with Gasteiger partial charge in [-0.2, -0.15) is 0 Å². The average molecular weight is 379 g/mol. The van der Waals surface area contributed by atoms with Gasteiger partial charge in [-0.25, -0.2) is 4.98 Å². The number of amides is 2. The monoisotopic (exact) mass is 379 g/mol. The van der Waals surface area contributed by atoms with Crippen LogP contribution in [0.5, 0.6) is 0 Å². The number of thiazole rings is 1. The van der Waals surface area contributed by atoms with Crippen molar-refractivity contribution < 1.29 is 9.59 Å². The first-order valence-corrected chi connectivity index (χ1v) is 9.98. The summed E-state index contributed by atoms with van der Waals surface area (Å²) in [6, 6.07) is 15.6. The number of carbonyl (C=O) groups is 2. The molecule has 2 heterocycles. The molecule has 0 radical (unpaired) electrons. The smallest absolute Gasteiger partial charge is 0.229 e. The van der Waals surface area contributed by atoms with E-state index in [4.69, 9.17) is 0 Å². The van der Waals surface area contributed by atoms with E-state index in [2.05, 4.69) is 16.4 Å². The van der Waals surface area contributed by atoms with Gasteiger partial charge < -0.3 is 10.2 Å². The number of hydrogen-bond acceptors (Lipinski definition) is 4. The predicted octanol–water partition coefficient (Wildman–Crippen LogP) is 4.24. The van der Waals surface area contributed by atoms with E-state index in [1.54, 1.807) is 16.2 Å². The number of nitrogens with one attached hydrogen (secondary N) is 1. The Morgan fingerprint density at radius 1 is 1.22 bits per heavy atom. The third-order valence-corrected chi connectivity index (χ3v) is 5.87. The van der Waals surface area contributed by atoms with Gasteiger partial charge in [0.2, 0.25) is 11.8 Å². The Bertz CT molecular complexity index is 965. The quantitative estimate of drug-likeness (QED) is 0.737. The molecule has 2 amide bonds. The topological polar surface area (TPSA) is 62.3 Å². The van der Waals surface area contributed by atoms with E-state index in [1.807, 2.05) is 49.4 Å². The highest BCUT2D eigenvalue weighted by atomic mass is 32.1. The molecule has 0 bridgehead atoms. The fourth-order valence-corrected chi connectivity index (χ4v) is 4.32. The molecule has 0 spiro atoms. The van der Waals surface area contributed by atoms with Gasteiger partial charge in [-0.1, -0.05) is 31.2 Å². The maximum Gasteiger partial charge on any atom is 0.229 e. The Labute approximate surface area is 162 Å². The van der Waals surface area contributed by atoms with Crippen molar-refractivity contribution >= 4 is 44.7 Å². The lowest BCUT2D eigenvalue weighted by molar-refractivity contribution is -0.120. The zero-order valence-electron chi connectivity index (χ0n) is 15.1. The highest BCUT2D eigenvalue weighted by Crippen LogP contribution is 2.30. The highest BCUT2D eigenvalue weighted by molar-refractivity contribution is 7.18. The number of aryl methyl sites for hydroxylation is 1. The zero-order valence-corrected chi connectivity index (χ0v) is 16.0. The van der Waals surface area contributed by atoms with Crippen LogP contribution in [0.1, 0.15) is 24.8 Å². The second-order valence-corrected chi connectivity index (χ2v) is 7.96. The number of carbonyl (C=O) groups excluding carboxylic acids is 2. The predicted molar refractivity (Wildman–Crippen MR) is 109 cm³/mol. The summed E-state index contributed by atoms with van der Waals surface area (Å²) in [6.45, 7) is 2.26. The summed E-state index contributed by atoms with van der Waals surface area (Å²) in [4.78, 5) is 31.5. The maximum absolute atomic E-state index is 12.9. The van der Waals surface area contributed by atoms with Crippen LogP contribution < -0.4 is 10.2 Å². The van der Waals surface area contributed by atoms with E-state index in [0.717, 1.165) is 29.1 Å². The van der Waals surface area contributed by atoms with Gasteiger partial charge in [0.25, 0.3) is 0 Å². The molecule has 4 rings (SSSR count). The van der Waals surface area contributed by atoms with Crippen LogP contribution >= 0.6 is 11.3 Å². The lowest BCUT2D eigenvalue weighted by Crippen LogP contribution is -2.35. The van der Waals surface area contributed by atoms with Crippen LogP contribution in [-0.2, 0) is 16.0 Å². The summed E-state index contributed by atoms with van der Waals surface area (Å²) < 4.78 is 1.18. The molecule has 0 fully saturated rings. The van der Waals surface area contributed by atoms with Crippen molar-refractivity contribution in [3.8, 4) is 0 Å². The van der Waals surface area contributed by atoms with E-state index in [1.165, 1.54) is 4.70 Å². The molecule has 1 atom stereocenters. The fraction of sp³-hybridized carbons (Fsp3) is 0.286. The van der Waals surface area contributed by atoms with Gasteiger partial charge in [0, 0.05) is 13.0 Å². The minimum atomic E-state index is -0.245. The standard InChI is InChI=1S/C21H21N3O2S/c1-14-13-24(17-9-4-2-7-15(17)23-21(14)26)20(25)12-6-11-19-22-16-8-3-5-10-18(16)27-19/h2-5,7-10,14H,6,11-13H2,1H3,(H,23,26). The second kappa shape index (κ2) is 7.48. The Morgan fingerprint density at radius 2 is 2.00 bits per heavy atom. The first-order chi connectivity index (χ1) is 13.1. The minimum Gasteiger partial charge on any atom is -0.324 e. The van der Waals surface area contributed by atoms with Crippen LogP contribution in [0.3, 0.4) is 0 Å². The van der Waals surface area contributed by atoms with E-state index in [0.29, 0.717) is 18.7 Å². The molecule has 1 unspecified atom stereocenters. The van der Waals surface area contributed by atoms with Crippen molar-refractivity contribution in [2.75, 3.05) is 16.8 Å². The van der Waals surface area contributed by atoms with E-state index < -0.39 is 0 Å².